The van der Waals surface area contributed by atoms with Gasteiger partial charge in [-0.25, -0.2) is 4.79 Å². The van der Waals surface area contributed by atoms with Crippen LogP contribution in [0.1, 0.15) is 26.4 Å². The predicted octanol–water partition coefficient (Wildman–Crippen LogP) is 1.84. The zero-order valence-electron chi connectivity index (χ0n) is 11.7. The molecule has 0 fully saturated rings. The highest BCUT2D eigenvalue weighted by molar-refractivity contribution is 5.94. The molecule has 0 aliphatic heterocycles. The molecule has 0 bridgehead atoms. The molecule has 5 heteroatoms. The topological polar surface area (TPSA) is 68.3 Å². The summed E-state index contributed by atoms with van der Waals surface area (Å²) in [6.07, 6.45) is 2.09. The van der Waals surface area contributed by atoms with Gasteiger partial charge < -0.3 is 10.1 Å². The van der Waals surface area contributed by atoms with E-state index >= 15 is 0 Å². The van der Waals surface area contributed by atoms with Gasteiger partial charge >= 0.3 is 5.97 Å². The standard InChI is InChI=1S/C16H16N2O3/c1-21-16(20)13-7-8-14(18-11-13)15(19)17-10-9-12-5-3-2-4-6-12/h2-8,11H,9-10H2,1H3,(H,17,19). The molecule has 0 saturated heterocycles. The van der Waals surface area contributed by atoms with Gasteiger partial charge in [0.05, 0.1) is 12.7 Å². The first kappa shape index (κ1) is 14.7. The van der Waals surface area contributed by atoms with Crippen LogP contribution in [0.25, 0.3) is 0 Å². The number of methoxy groups -OCH3 is 1. The van der Waals surface area contributed by atoms with E-state index in [9.17, 15) is 9.59 Å². The Morgan fingerprint density at radius 2 is 1.90 bits per heavy atom. The zero-order chi connectivity index (χ0) is 15.1. The molecule has 1 aromatic heterocycles. The molecule has 0 radical (unpaired) electrons. The summed E-state index contributed by atoms with van der Waals surface area (Å²) >= 11 is 0. The molecule has 1 heterocycles. The van der Waals surface area contributed by atoms with Crippen molar-refractivity contribution >= 4 is 11.9 Å². The Balaban J connectivity index is 1.87. The normalized spacial score (nSPS) is 9.95. The third kappa shape index (κ3) is 4.14. The van der Waals surface area contributed by atoms with Gasteiger partial charge in [-0.05, 0) is 24.1 Å². The fraction of sp³-hybridized carbons (Fsp3) is 0.188. The van der Waals surface area contributed by atoms with E-state index in [1.54, 1.807) is 0 Å². The van der Waals surface area contributed by atoms with Crippen LogP contribution < -0.4 is 5.32 Å². The van der Waals surface area contributed by atoms with Gasteiger partial charge in [-0.2, -0.15) is 0 Å². The number of hydrogen-bond donors (Lipinski definition) is 1. The SMILES string of the molecule is COC(=O)c1ccc(C(=O)NCCc2ccccc2)nc1. The van der Waals surface area contributed by atoms with E-state index in [1.807, 2.05) is 30.3 Å². The smallest absolute Gasteiger partial charge is 0.339 e. The zero-order valence-corrected chi connectivity index (χ0v) is 11.7. The number of nitrogens with zero attached hydrogens (tertiary/aromatic N) is 1. The second kappa shape index (κ2) is 7.19. The summed E-state index contributed by atoms with van der Waals surface area (Å²) in [6, 6.07) is 12.9. The minimum Gasteiger partial charge on any atom is -0.465 e. The van der Waals surface area contributed by atoms with Gasteiger partial charge in [-0.15, -0.1) is 0 Å². The first-order chi connectivity index (χ1) is 10.2. The van der Waals surface area contributed by atoms with Crippen molar-refractivity contribution < 1.29 is 14.3 Å². The summed E-state index contributed by atoms with van der Waals surface area (Å²) in [4.78, 5) is 27.1. The van der Waals surface area contributed by atoms with Crippen molar-refractivity contribution in [2.24, 2.45) is 0 Å². The first-order valence-corrected chi connectivity index (χ1v) is 6.57. The van der Waals surface area contributed by atoms with Gasteiger partial charge in [0.15, 0.2) is 0 Å². The second-order valence-electron chi connectivity index (χ2n) is 4.42. The summed E-state index contributed by atoms with van der Waals surface area (Å²) in [7, 11) is 1.30. The number of esters is 1. The van der Waals surface area contributed by atoms with Crippen molar-refractivity contribution in [3.8, 4) is 0 Å². The quantitative estimate of drug-likeness (QED) is 0.851. The van der Waals surface area contributed by atoms with E-state index in [0.29, 0.717) is 12.1 Å². The van der Waals surface area contributed by atoms with E-state index in [4.69, 9.17) is 0 Å². The lowest BCUT2D eigenvalue weighted by molar-refractivity contribution is 0.0599. The lowest BCUT2D eigenvalue weighted by Crippen LogP contribution is -2.26. The van der Waals surface area contributed by atoms with E-state index in [1.165, 1.54) is 25.4 Å². The molecule has 0 aliphatic rings. The minimum atomic E-state index is -0.474. The van der Waals surface area contributed by atoms with E-state index in [0.717, 1.165) is 12.0 Å². The molecule has 0 unspecified atom stereocenters. The minimum absolute atomic E-state index is 0.262. The van der Waals surface area contributed by atoms with E-state index in [2.05, 4.69) is 15.0 Å². The number of carbonyl (C=O) groups excluding carboxylic acids is 2. The molecule has 0 atom stereocenters. The monoisotopic (exact) mass is 284 g/mol. The van der Waals surface area contributed by atoms with Gasteiger partial charge in [-0.1, -0.05) is 30.3 Å². The Kier molecular flexibility index (Phi) is 5.04. The average Bonchev–Trinajstić information content (AvgIpc) is 2.55. The highest BCUT2D eigenvalue weighted by atomic mass is 16.5. The molecule has 5 nitrogen and oxygen atoms in total. The molecule has 1 amide bonds. The summed E-state index contributed by atoms with van der Waals surface area (Å²) in [6.45, 7) is 0.531. The van der Waals surface area contributed by atoms with Gasteiger partial charge in [0, 0.05) is 12.7 Å². The van der Waals surface area contributed by atoms with Crippen LogP contribution in [-0.4, -0.2) is 30.5 Å². The summed E-state index contributed by atoms with van der Waals surface area (Å²) in [5, 5.41) is 2.79. The lowest BCUT2D eigenvalue weighted by Gasteiger charge is -2.05. The molecule has 0 aliphatic carbocycles. The third-order valence-corrected chi connectivity index (χ3v) is 2.96. The van der Waals surface area contributed by atoms with Crippen LogP contribution in [0, 0.1) is 0 Å². The van der Waals surface area contributed by atoms with Crippen LogP contribution in [0.3, 0.4) is 0 Å². The highest BCUT2D eigenvalue weighted by Crippen LogP contribution is 2.03. The number of aromatic nitrogens is 1. The fourth-order valence-corrected chi connectivity index (χ4v) is 1.82. The number of pyridine rings is 1. The molecule has 1 aromatic carbocycles. The molecule has 108 valence electrons. The third-order valence-electron chi connectivity index (χ3n) is 2.96. The maximum Gasteiger partial charge on any atom is 0.339 e. The van der Waals surface area contributed by atoms with Crippen molar-refractivity contribution in [1.82, 2.24) is 10.3 Å². The molecular formula is C16H16N2O3. The Morgan fingerprint density at radius 3 is 2.52 bits per heavy atom. The van der Waals surface area contributed by atoms with Crippen molar-refractivity contribution in [3.63, 3.8) is 0 Å². The van der Waals surface area contributed by atoms with Crippen LogP contribution in [0.5, 0.6) is 0 Å². The number of hydrogen-bond acceptors (Lipinski definition) is 4. The molecule has 0 spiro atoms. The maximum atomic E-state index is 11.9. The fourth-order valence-electron chi connectivity index (χ4n) is 1.82. The van der Waals surface area contributed by atoms with E-state index < -0.39 is 5.97 Å². The number of carbonyl (C=O) groups is 2. The Bertz CT molecular complexity index is 609. The molecule has 1 N–H and O–H groups in total. The summed E-state index contributed by atoms with van der Waals surface area (Å²) in [5.41, 5.74) is 1.75. The van der Waals surface area contributed by atoms with E-state index in [-0.39, 0.29) is 11.6 Å². The molecule has 2 rings (SSSR count). The Labute approximate surface area is 123 Å². The Hall–Kier alpha value is -2.69. The number of amides is 1. The van der Waals surface area contributed by atoms with Crippen molar-refractivity contribution in [2.45, 2.75) is 6.42 Å². The number of ether oxygens (including phenoxy) is 1. The lowest BCUT2D eigenvalue weighted by atomic mass is 10.1. The van der Waals surface area contributed by atoms with Gasteiger partial charge in [0.25, 0.3) is 5.91 Å². The summed E-state index contributed by atoms with van der Waals surface area (Å²) in [5.74, 6) is -0.735. The second-order valence-corrected chi connectivity index (χ2v) is 4.42. The molecular weight excluding hydrogens is 268 g/mol. The van der Waals surface area contributed by atoms with Gasteiger partial charge in [0.1, 0.15) is 5.69 Å². The van der Waals surface area contributed by atoms with Crippen LogP contribution >= 0.6 is 0 Å². The Morgan fingerprint density at radius 1 is 1.14 bits per heavy atom. The van der Waals surface area contributed by atoms with Gasteiger partial charge in [-0.3, -0.25) is 9.78 Å². The summed E-state index contributed by atoms with van der Waals surface area (Å²) < 4.78 is 4.57. The van der Waals surface area contributed by atoms with Crippen LogP contribution in [0.15, 0.2) is 48.7 Å². The molecule has 0 saturated carbocycles. The number of rotatable bonds is 5. The van der Waals surface area contributed by atoms with Crippen LogP contribution in [-0.2, 0) is 11.2 Å². The maximum absolute atomic E-state index is 11.9. The number of nitrogens with one attached hydrogen (secondary N) is 1. The van der Waals surface area contributed by atoms with Gasteiger partial charge in [0.2, 0.25) is 0 Å². The van der Waals surface area contributed by atoms with Crippen LogP contribution in [0.4, 0.5) is 0 Å². The largest absolute Gasteiger partial charge is 0.465 e. The molecule has 21 heavy (non-hydrogen) atoms. The van der Waals surface area contributed by atoms with Crippen LogP contribution in [0.2, 0.25) is 0 Å². The highest BCUT2D eigenvalue weighted by Gasteiger charge is 2.09. The average molecular weight is 284 g/mol. The first-order valence-electron chi connectivity index (χ1n) is 6.57. The van der Waals surface area contributed by atoms with Crippen molar-refractivity contribution in [2.75, 3.05) is 13.7 Å². The predicted molar refractivity (Wildman–Crippen MR) is 78.1 cm³/mol. The number of benzene rings is 1. The van der Waals surface area contributed by atoms with Crippen molar-refractivity contribution in [3.05, 3.63) is 65.5 Å². The molecule has 2 aromatic rings. The van der Waals surface area contributed by atoms with Crippen molar-refractivity contribution in [1.29, 1.82) is 0 Å².